The van der Waals surface area contributed by atoms with Crippen molar-refractivity contribution in [2.45, 2.75) is 50.5 Å². The average molecular weight is 544 g/mol. The average Bonchev–Trinajstić information content (AvgIpc) is 3.58. The van der Waals surface area contributed by atoms with Gasteiger partial charge >= 0.3 is 0 Å². The van der Waals surface area contributed by atoms with Gasteiger partial charge in [-0.05, 0) is 63.3 Å². The van der Waals surface area contributed by atoms with Gasteiger partial charge < -0.3 is 9.47 Å². The number of thiazole rings is 1. The van der Waals surface area contributed by atoms with Crippen LogP contribution in [0.3, 0.4) is 0 Å². The van der Waals surface area contributed by atoms with Gasteiger partial charge in [0.2, 0.25) is 15.9 Å². The SMILES string of the molecule is COc1ccc(C)c2sc(N(CC3CCCO3)C(=O)C3CCCN(S(=O)(=O)c4ccc(C)cc4)C3)nc12. The number of aromatic nitrogens is 1. The lowest BCUT2D eigenvalue weighted by atomic mass is 9.98. The van der Waals surface area contributed by atoms with Gasteiger partial charge in [-0.15, -0.1) is 0 Å². The Hall–Kier alpha value is -2.53. The van der Waals surface area contributed by atoms with E-state index in [1.807, 2.05) is 26.0 Å². The Labute approximate surface area is 222 Å². The fourth-order valence-electron chi connectivity index (χ4n) is 5.07. The molecule has 37 heavy (non-hydrogen) atoms. The smallest absolute Gasteiger partial charge is 0.243 e. The number of aryl methyl sites for hydroxylation is 2. The third-order valence-electron chi connectivity index (χ3n) is 7.21. The van der Waals surface area contributed by atoms with E-state index in [0.29, 0.717) is 43.4 Å². The highest BCUT2D eigenvalue weighted by atomic mass is 32.2. The summed E-state index contributed by atoms with van der Waals surface area (Å²) >= 11 is 1.47. The lowest BCUT2D eigenvalue weighted by molar-refractivity contribution is -0.123. The molecule has 0 aliphatic carbocycles. The number of carbonyl (C=O) groups is 1. The Balaban J connectivity index is 1.45. The summed E-state index contributed by atoms with van der Waals surface area (Å²) in [5.74, 6) is 0.112. The van der Waals surface area contributed by atoms with Crippen molar-refractivity contribution in [3.63, 3.8) is 0 Å². The molecule has 2 atom stereocenters. The number of fused-ring (bicyclic) bond motifs is 1. The topological polar surface area (TPSA) is 89.0 Å². The molecule has 0 N–H and O–H groups in total. The summed E-state index contributed by atoms with van der Waals surface area (Å²) < 4.78 is 40.6. The van der Waals surface area contributed by atoms with E-state index < -0.39 is 15.9 Å². The van der Waals surface area contributed by atoms with E-state index in [4.69, 9.17) is 14.5 Å². The minimum Gasteiger partial charge on any atom is -0.494 e. The van der Waals surface area contributed by atoms with Crippen LogP contribution in [0.15, 0.2) is 41.3 Å². The number of benzene rings is 2. The monoisotopic (exact) mass is 543 g/mol. The Morgan fingerprint density at radius 3 is 2.65 bits per heavy atom. The maximum Gasteiger partial charge on any atom is 0.243 e. The molecule has 2 saturated heterocycles. The molecule has 1 amide bonds. The summed E-state index contributed by atoms with van der Waals surface area (Å²) in [5.41, 5.74) is 2.80. The van der Waals surface area contributed by atoms with Crippen LogP contribution in [0.4, 0.5) is 5.13 Å². The van der Waals surface area contributed by atoms with E-state index in [1.165, 1.54) is 15.6 Å². The lowest BCUT2D eigenvalue weighted by Gasteiger charge is -2.34. The maximum absolute atomic E-state index is 14.0. The Morgan fingerprint density at radius 2 is 1.95 bits per heavy atom. The first kappa shape index (κ1) is 26.1. The normalized spacial score (nSPS) is 20.8. The van der Waals surface area contributed by atoms with E-state index in [9.17, 15) is 13.2 Å². The molecular formula is C27H33N3O5S2. The molecule has 2 aliphatic heterocycles. The molecule has 8 nitrogen and oxygen atoms in total. The van der Waals surface area contributed by atoms with Crippen LogP contribution in [0.1, 0.15) is 36.8 Å². The van der Waals surface area contributed by atoms with Crippen LogP contribution in [0.5, 0.6) is 5.75 Å². The number of carbonyl (C=O) groups excluding carboxylic acids is 1. The number of nitrogens with zero attached hydrogens (tertiary/aromatic N) is 3. The third kappa shape index (κ3) is 5.25. The van der Waals surface area contributed by atoms with Gasteiger partial charge in [-0.2, -0.15) is 4.31 Å². The van der Waals surface area contributed by atoms with Crippen LogP contribution in [-0.4, -0.2) is 63.1 Å². The number of piperidine rings is 1. The van der Waals surface area contributed by atoms with Gasteiger partial charge in [0.05, 0.1) is 35.3 Å². The molecule has 3 heterocycles. The minimum absolute atomic E-state index is 0.0602. The van der Waals surface area contributed by atoms with Gasteiger partial charge in [0.1, 0.15) is 11.3 Å². The number of ether oxygens (including phenoxy) is 2. The first-order valence-corrected chi connectivity index (χ1v) is 15.0. The molecule has 2 aromatic carbocycles. The summed E-state index contributed by atoms with van der Waals surface area (Å²) in [4.78, 5) is 20.9. The second-order valence-electron chi connectivity index (χ2n) is 9.86. The Kier molecular flexibility index (Phi) is 7.53. The highest BCUT2D eigenvalue weighted by Crippen LogP contribution is 2.38. The van der Waals surface area contributed by atoms with Gasteiger partial charge in [0.25, 0.3) is 0 Å². The number of anilines is 1. The van der Waals surface area contributed by atoms with Gasteiger partial charge in [0, 0.05) is 19.7 Å². The molecule has 0 saturated carbocycles. The van der Waals surface area contributed by atoms with Crippen LogP contribution >= 0.6 is 11.3 Å². The summed E-state index contributed by atoms with van der Waals surface area (Å²) in [6.45, 7) is 5.60. The zero-order chi connectivity index (χ0) is 26.2. The summed E-state index contributed by atoms with van der Waals surface area (Å²) in [6, 6.07) is 10.7. The quantitative estimate of drug-likeness (QED) is 0.435. The molecule has 0 radical (unpaired) electrons. The first-order valence-electron chi connectivity index (χ1n) is 12.7. The molecule has 5 rings (SSSR count). The van der Waals surface area contributed by atoms with Crippen LogP contribution < -0.4 is 9.64 Å². The molecular weight excluding hydrogens is 510 g/mol. The second-order valence-corrected chi connectivity index (χ2v) is 12.8. The molecule has 10 heteroatoms. The Morgan fingerprint density at radius 1 is 1.16 bits per heavy atom. The van der Waals surface area contributed by atoms with E-state index in [2.05, 4.69) is 0 Å². The van der Waals surface area contributed by atoms with Crippen molar-refractivity contribution < 1.29 is 22.7 Å². The summed E-state index contributed by atoms with van der Waals surface area (Å²) in [6.07, 6.45) is 3.05. The van der Waals surface area contributed by atoms with E-state index >= 15 is 0 Å². The number of hydrogen-bond donors (Lipinski definition) is 0. The van der Waals surface area contributed by atoms with E-state index in [-0.39, 0.29) is 23.5 Å². The third-order valence-corrected chi connectivity index (χ3v) is 10.3. The zero-order valence-corrected chi connectivity index (χ0v) is 23.1. The van der Waals surface area contributed by atoms with Crippen LogP contribution in [-0.2, 0) is 19.6 Å². The number of hydrogen-bond acceptors (Lipinski definition) is 7. The predicted molar refractivity (Wildman–Crippen MR) is 145 cm³/mol. The predicted octanol–water partition coefficient (Wildman–Crippen LogP) is 4.53. The number of amides is 1. The number of rotatable bonds is 7. The molecule has 2 unspecified atom stereocenters. The standard InChI is InChI=1S/C27H33N3O5S2/c1-18-8-11-22(12-9-18)37(32,33)29-14-4-6-20(16-29)26(31)30(17-21-7-5-15-35-21)27-28-24-23(34-3)13-10-19(2)25(24)36-27/h8-13,20-21H,4-7,14-17H2,1-3H3. The van der Waals surface area contributed by atoms with Gasteiger partial charge in [-0.25, -0.2) is 13.4 Å². The van der Waals surface area contributed by atoms with E-state index in [0.717, 1.165) is 34.2 Å². The molecule has 1 aromatic heterocycles. The summed E-state index contributed by atoms with van der Waals surface area (Å²) in [7, 11) is -2.07. The highest BCUT2D eigenvalue weighted by molar-refractivity contribution is 7.89. The zero-order valence-electron chi connectivity index (χ0n) is 21.5. The van der Waals surface area contributed by atoms with Crippen molar-refractivity contribution >= 4 is 42.6 Å². The van der Waals surface area contributed by atoms with E-state index in [1.54, 1.807) is 36.3 Å². The number of methoxy groups -OCH3 is 1. The fourth-order valence-corrected chi connectivity index (χ4v) is 7.66. The molecule has 0 spiro atoms. The molecule has 2 fully saturated rings. The van der Waals surface area contributed by atoms with Gasteiger partial charge in [0.15, 0.2) is 5.13 Å². The highest BCUT2D eigenvalue weighted by Gasteiger charge is 2.37. The molecule has 0 bridgehead atoms. The summed E-state index contributed by atoms with van der Waals surface area (Å²) in [5, 5.41) is 0.599. The first-order chi connectivity index (χ1) is 17.8. The van der Waals surface area contributed by atoms with Crippen LogP contribution in [0.25, 0.3) is 10.2 Å². The van der Waals surface area contributed by atoms with Crippen LogP contribution in [0.2, 0.25) is 0 Å². The van der Waals surface area contributed by atoms with Crippen molar-refractivity contribution in [3.8, 4) is 5.75 Å². The van der Waals surface area contributed by atoms with Crippen LogP contribution in [0, 0.1) is 19.8 Å². The van der Waals surface area contributed by atoms with Gasteiger partial charge in [-0.3, -0.25) is 9.69 Å². The van der Waals surface area contributed by atoms with Crippen molar-refractivity contribution in [1.82, 2.24) is 9.29 Å². The Bertz CT molecular complexity index is 1380. The second kappa shape index (κ2) is 10.7. The largest absolute Gasteiger partial charge is 0.494 e. The van der Waals surface area contributed by atoms with Crippen molar-refractivity contribution in [2.24, 2.45) is 5.92 Å². The molecule has 198 valence electrons. The molecule has 3 aromatic rings. The minimum atomic E-state index is -3.68. The number of sulfonamides is 1. The maximum atomic E-state index is 14.0. The lowest BCUT2D eigenvalue weighted by Crippen LogP contribution is -2.48. The van der Waals surface area contributed by atoms with Crippen molar-refractivity contribution in [2.75, 3.05) is 38.3 Å². The molecule has 2 aliphatic rings. The van der Waals surface area contributed by atoms with Crippen molar-refractivity contribution in [1.29, 1.82) is 0 Å². The van der Waals surface area contributed by atoms with Gasteiger partial charge in [-0.1, -0.05) is 35.1 Å². The fraction of sp³-hybridized carbons (Fsp3) is 0.481. The van der Waals surface area contributed by atoms with Crippen molar-refractivity contribution in [3.05, 3.63) is 47.5 Å².